The maximum absolute atomic E-state index is 15.4. The number of fused-ring (bicyclic) bond motifs is 3. The summed E-state index contributed by atoms with van der Waals surface area (Å²) in [6.45, 7) is 4.11. The Bertz CT molecular complexity index is 1170. The van der Waals surface area contributed by atoms with E-state index in [9.17, 15) is 9.59 Å². The Balaban J connectivity index is 1.26. The zero-order chi connectivity index (χ0) is 22.6. The van der Waals surface area contributed by atoms with E-state index in [0.717, 1.165) is 19.4 Å². The average molecular weight is 455 g/mol. The van der Waals surface area contributed by atoms with Crippen LogP contribution in [-0.4, -0.2) is 61.9 Å². The van der Waals surface area contributed by atoms with E-state index in [-0.39, 0.29) is 11.1 Å². The molecule has 4 aliphatic heterocycles. The number of ether oxygens (including phenoxy) is 2. The van der Waals surface area contributed by atoms with Gasteiger partial charge in [-0.3, -0.25) is 9.78 Å². The Labute approximate surface area is 189 Å². The summed E-state index contributed by atoms with van der Waals surface area (Å²) in [5.74, 6) is 0.0538. The molecule has 4 aliphatic rings. The summed E-state index contributed by atoms with van der Waals surface area (Å²) < 4.78 is 26.6. The van der Waals surface area contributed by atoms with E-state index in [0.29, 0.717) is 80.8 Å². The van der Waals surface area contributed by atoms with Gasteiger partial charge in [-0.15, -0.1) is 0 Å². The van der Waals surface area contributed by atoms with Gasteiger partial charge in [0.25, 0.3) is 5.56 Å². The van der Waals surface area contributed by atoms with Crippen molar-refractivity contribution >= 4 is 23.4 Å². The van der Waals surface area contributed by atoms with Crippen molar-refractivity contribution < 1.29 is 18.7 Å². The van der Waals surface area contributed by atoms with Crippen LogP contribution < -0.4 is 20.7 Å². The van der Waals surface area contributed by atoms with Gasteiger partial charge in [-0.2, -0.15) is 4.98 Å². The number of esters is 1. The molecule has 6 rings (SSSR count). The predicted octanol–water partition coefficient (Wildman–Crippen LogP) is 1.77. The van der Waals surface area contributed by atoms with E-state index in [1.165, 1.54) is 0 Å². The standard InChI is InChI=1S/C23H26FN5O4/c24-18-16(28-10-12-32-13-11-28)4-3-15-17(18)21(31)33-23(15)5-8-29(9-6-23)22-26-19-14(20(30)27-22)2-1-7-25-19/h3-4H,1-2,5-13H2,(H2,25,26,27,30). The van der Waals surface area contributed by atoms with Gasteiger partial charge in [0.05, 0.1) is 24.5 Å². The van der Waals surface area contributed by atoms with Crippen LogP contribution in [0.2, 0.25) is 0 Å². The fourth-order valence-electron chi connectivity index (χ4n) is 5.41. The van der Waals surface area contributed by atoms with Crippen LogP contribution in [0.3, 0.4) is 0 Å². The Morgan fingerprint density at radius 3 is 2.64 bits per heavy atom. The van der Waals surface area contributed by atoms with Crippen molar-refractivity contribution in [3.8, 4) is 0 Å². The van der Waals surface area contributed by atoms with Crippen molar-refractivity contribution in [2.45, 2.75) is 31.3 Å². The molecule has 2 fully saturated rings. The Morgan fingerprint density at radius 1 is 1.06 bits per heavy atom. The Hall–Kier alpha value is -3.14. The van der Waals surface area contributed by atoms with Crippen LogP contribution in [0.5, 0.6) is 0 Å². The van der Waals surface area contributed by atoms with Crippen LogP contribution in [0.25, 0.3) is 0 Å². The first kappa shape index (κ1) is 20.5. The van der Waals surface area contributed by atoms with Gasteiger partial charge < -0.3 is 24.6 Å². The van der Waals surface area contributed by atoms with Gasteiger partial charge in [0.1, 0.15) is 17.0 Å². The molecule has 1 aromatic heterocycles. The second-order valence-corrected chi connectivity index (χ2v) is 9.04. The van der Waals surface area contributed by atoms with Crippen LogP contribution in [0.1, 0.15) is 40.7 Å². The molecule has 0 aliphatic carbocycles. The van der Waals surface area contributed by atoms with E-state index < -0.39 is 17.4 Å². The SMILES string of the molecule is O=C1OC2(CCN(c3nc4c(c(=O)[nH]3)CCCN4)CC2)c2ccc(N3CCOCC3)c(F)c21. The molecule has 10 heteroatoms. The molecule has 0 saturated carbocycles. The first-order valence-electron chi connectivity index (χ1n) is 11.6. The number of morpholine rings is 1. The molecule has 33 heavy (non-hydrogen) atoms. The number of anilines is 3. The van der Waals surface area contributed by atoms with E-state index >= 15 is 4.39 Å². The summed E-state index contributed by atoms with van der Waals surface area (Å²) in [5.41, 5.74) is 0.834. The number of hydrogen-bond acceptors (Lipinski definition) is 8. The summed E-state index contributed by atoms with van der Waals surface area (Å²) in [7, 11) is 0. The topological polar surface area (TPSA) is 99.8 Å². The molecule has 1 spiro atoms. The monoisotopic (exact) mass is 455 g/mol. The molecule has 2 N–H and O–H groups in total. The number of piperidine rings is 1. The number of H-pyrrole nitrogens is 1. The van der Waals surface area contributed by atoms with E-state index in [4.69, 9.17) is 9.47 Å². The summed E-state index contributed by atoms with van der Waals surface area (Å²) in [4.78, 5) is 36.7. The first-order valence-corrected chi connectivity index (χ1v) is 11.6. The molecular weight excluding hydrogens is 429 g/mol. The smallest absolute Gasteiger partial charge is 0.342 e. The number of halogens is 1. The van der Waals surface area contributed by atoms with Crippen molar-refractivity contribution in [2.75, 3.05) is 61.1 Å². The average Bonchev–Trinajstić information content (AvgIpc) is 3.12. The van der Waals surface area contributed by atoms with Gasteiger partial charge in [-0.25, -0.2) is 9.18 Å². The normalized spacial score (nSPS) is 21.4. The summed E-state index contributed by atoms with van der Waals surface area (Å²) in [5, 5.41) is 3.21. The highest BCUT2D eigenvalue weighted by molar-refractivity contribution is 5.96. The van der Waals surface area contributed by atoms with Gasteiger partial charge in [-0.05, 0) is 18.9 Å². The van der Waals surface area contributed by atoms with Crippen molar-refractivity contribution in [3.63, 3.8) is 0 Å². The van der Waals surface area contributed by atoms with Crippen molar-refractivity contribution in [2.24, 2.45) is 0 Å². The number of benzene rings is 1. The van der Waals surface area contributed by atoms with Crippen LogP contribution in [-0.2, 0) is 21.5 Å². The van der Waals surface area contributed by atoms with Crippen molar-refractivity contribution in [1.82, 2.24) is 9.97 Å². The third-order valence-electron chi connectivity index (χ3n) is 7.23. The molecular formula is C23H26FN5O4. The van der Waals surface area contributed by atoms with Gasteiger partial charge in [-0.1, -0.05) is 6.07 Å². The zero-order valence-electron chi connectivity index (χ0n) is 18.3. The van der Waals surface area contributed by atoms with Gasteiger partial charge >= 0.3 is 5.97 Å². The fourth-order valence-corrected chi connectivity index (χ4v) is 5.41. The number of carbonyl (C=O) groups excluding carboxylic acids is 1. The largest absolute Gasteiger partial charge is 0.450 e. The molecule has 0 bridgehead atoms. The highest BCUT2D eigenvalue weighted by atomic mass is 19.1. The van der Waals surface area contributed by atoms with Crippen LogP contribution >= 0.6 is 0 Å². The third kappa shape index (κ3) is 3.26. The van der Waals surface area contributed by atoms with E-state index in [1.807, 2.05) is 15.9 Å². The minimum Gasteiger partial charge on any atom is -0.450 e. The zero-order valence-corrected chi connectivity index (χ0v) is 18.3. The number of carbonyl (C=O) groups is 1. The number of aromatic amines is 1. The summed E-state index contributed by atoms with van der Waals surface area (Å²) >= 11 is 0. The Kier molecular flexibility index (Phi) is 4.79. The number of nitrogens with one attached hydrogen (secondary N) is 2. The van der Waals surface area contributed by atoms with E-state index in [2.05, 4.69) is 15.3 Å². The van der Waals surface area contributed by atoms with Gasteiger partial charge in [0, 0.05) is 51.1 Å². The molecule has 0 unspecified atom stereocenters. The fraction of sp³-hybridized carbons (Fsp3) is 0.522. The molecule has 2 saturated heterocycles. The quantitative estimate of drug-likeness (QED) is 0.661. The lowest BCUT2D eigenvalue weighted by atomic mass is 9.83. The molecule has 174 valence electrons. The van der Waals surface area contributed by atoms with Gasteiger partial charge in [0.15, 0.2) is 5.82 Å². The van der Waals surface area contributed by atoms with Crippen molar-refractivity contribution in [3.05, 3.63) is 45.0 Å². The van der Waals surface area contributed by atoms with Crippen LogP contribution in [0.15, 0.2) is 16.9 Å². The highest BCUT2D eigenvalue weighted by Crippen LogP contribution is 2.46. The number of hydrogen-bond donors (Lipinski definition) is 2. The van der Waals surface area contributed by atoms with Crippen LogP contribution in [0, 0.1) is 5.82 Å². The summed E-state index contributed by atoms with van der Waals surface area (Å²) in [6, 6.07) is 3.59. The lowest BCUT2D eigenvalue weighted by Crippen LogP contribution is -2.44. The third-order valence-corrected chi connectivity index (χ3v) is 7.23. The molecule has 9 nitrogen and oxygen atoms in total. The summed E-state index contributed by atoms with van der Waals surface area (Å²) in [6.07, 6.45) is 2.63. The van der Waals surface area contributed by atoms with E-state index in [1.54, 1.807) is 6.07 Å². The Morgan fingerprint density at radius 2 is 1.85 bits per heavy atom. The number of nitrogens with zero attached hydrogens (tertiary/aromatic N) is 3. The maximum Gasteiger partial charge on any atom is 0.342 e. The molecule has 0 amide bonds. The maximum atomic E-state index is 15.4. The molecule has 2 aromatic rings. The molecule has 1 aromatic carbocycles. The minimum absolute atomic E-state index is 0.0527. The van der Waals surface area contributed by atoms with Gasteiger partial charge in [0.2, 0.25) is 5.95 Å². The number of rotatable bonds is 2. The minimum atomic E-state index is -0.847. The lowest BCUT2D eigenvalue weighted by Gasteiger charge is -2.39. The highest BCUT2D eigenvalue weighted by Gasteiger charge is 2.49. The van der Waals surface area contributed by atoms with Crippen molar-refractivity contribution in [1.29, 1.82) is 0 Å². The second kappa shape index (κ2) is 7.72. The van der Waals surface area contributed by atoms with Crippen LogP contribution in [0.4, 0.5) is 21.8 Å². The first-order chi connectivity index (χ1) is 16.1. The molecule has 0 atom stereocenters. The lowest BCUT2D eigenvalue weighted by molar-refractivity contribution is -0.0212. The number of aromatic nitrogens is 2. The molecule has 5 heterocycles. The predicted molar refractivity (Wildman–Crippen MR) is 120 cm³/mol. The molecule has 0 radical (unpaired) electrons. The second-order valence-electron chi connectivity index (χ2n) is 9.04.